The molecule has 0 aliphatic carbocycles. The number of anilines is 1. The van der Waals surface area contributed by atoms with Gasteiger partial charge in [0.2, 0.25) is 0 Å². The van der Waals surface area contributed by atoms with Gasteiger partial charge in [0.25, 0.3) is 0 Å². The number of rotatable bonds is 4. The molecule has 0 aromatic carbocycles. The zero-order valence-electron chi connectivity index (χ0n) is 9.50. The van der Waals surface area contributed by atoms with E-state index < -0.39 is 0 Å². The summed E-state index contributed by atoms with van der Waals surface area (Å²) in [5.41, 5.74) is 0.660. The zero-order chi connectivity index (χ0) is 11.5. The van der Waals surface area contributed by atoms with E-state index >= 15 is 0 Å². The first-order valence-corrected chi connectivity index (χ1v) is 5.94. The number of hydrogen-bond donors (Lipinski definition) is 2. The van der Waals surface area contributed by atoms with Gasteiger partial charge in [-0.3, -0.25) is 0 Å². The van der Waals surface area contributed by atoms with Crippen LogP contribution >= 0.6 is 0 Å². The molecule has 2 aromatic rings. The summed E-state index contributed by atoms with van der Waals surface area (Å²) in [7, 11) is 0. The fourth-order valence-electron chi connectivity index (χ4n) is 2.12. The lowest BCUT2D eigenvalue weighted by molar-refractivity contribution is 0.573. The van der Waals surface area contributed by atoms with Crippen LogP contribution < -0.4 is 10.6 Å². The first kappa shape index (κ1) is 10.4. The molecule has 1 aliphatic heterocycles. The lowest BCUT2D eigenvalue weighted by atomic mass is 10.1. The van der Waals surface area contributed by atoms with Crippen LogP contribution in [0.2, 0.25) is 0 Å². The van der Waals surface area contributed by atoms with Crippen molar-refractivity contribution in [2.24, 2.45) is 0 Å². The fraction of sp³-hybridized carbons (Fsp3) is 0.600. The molecule has 3 heterocycles. The Hall–Kier alpha value is -1.76. The molecule has 1 aliphatic rings. The molecular formula is C10H15N7. The Morgan fingerprint density at radius 1 is 1.47 bits per heavy atom. The van der Waals surface area contributed by atoms with Gasteiger partial charge in [-0.15, -0.1) is 14.8 Å². The van der Waals surface area contributed by atoms with Crippen molar-refractivity contribution in [3.05, 3.63) is 12.1 Å². The molecule has 2 aromatic heterocycles. The van der Waals surface area contributed by atoms with Gasteiger partial charge in [-0.2, -0.15) is 0 Å². The Bertz CT molecular complexity index is 488. The van der Waals surface area contributed by atoms with Gasteiger partial charge in [-0.25, -0.2) is 0 Å². The molecule has 0 saturated carbocycles. The van der Waals surface area contributed by atoms with Gasteiger partial charge < -0.3 is 10.6 Å². The summed E-state index contributed by atoms with van der Waals surface area (Å²) in [6, 6.07) is 4.40. The molecule has 1 fully saturated rings. The fourth-order valence-corrected chi connectivity index (χ4v) is 2.12. The maximum absolute atomic E-state index is 4.25. The number of nitrogens with zero attached hydrogens (tertiary/aromatic N) is 5. The maximum Gasteiger partial charge on any atom is 0.200 e. The van der Waals surface area contributed by atoms with E-state index in [1.165, 1.54) is 17.5 Å². The van der Waals surface area contributed by atoms with Crippen LogP contribution in [0.5, 0.6) is 0 Å². The van der Waals surface area contributed by atoms with E-state index in [2.05, 4.69) is 31.3 Å². The van der Waals surface area contributed by atoms with Crippen LogP contribution in [0.25, 0.3) is 5.65 Å². The van der Waals surface area contributed by atoms with Crippen molar-refractivity contribution >= 4 is 11.5 Å². The van der Waals surface area contributed by atoms with Crippen LogP contribution in [0, 0.1) is 0 Å². The van der Waals surface area contributed by atoms with E-state index in [1.54, 1.807) is 0 Å². The summed E-state index contributed by atoms with van der Waals surface area (Å²) in [6.45, 7) is 2.07. The first-order valence-electron chi connectivity index (χ1n) is 5.94. The minimum atomic E-state index is 0.652. The summed E-state index contributed by atoms with van der Waals surface area (Å²) in [4.78, 5) is 0. The normalized spacial score (nSPS) is 19.9. The molecule has 17 heavy (non-hydrogen) atoms. The predicted octanol–water partition coefficient (Wildman–Crippen LogP) is 0.0733. The van der Waals surface area contributed by atoms with Crippen LogP contribution in [0.3, 0.4) is 0 Å². The molecule has 3 rings (SSSR count). The summed E-state index contributed by atoms with van der Waals surface area (Å²) in [5, 5.41) is 22.1. The SMILES string of the molecule is c1cc2nnnn2nc1NCC[C@H]1CCCN1. The second-order valence-corrected chi connectivity index (χ2v) is 4.25. The number of aromatic nitrogens is 5. The standard InChI is InChI=1S/C10H15N7/c1-2-8(11-6-1)5-7-12-9-3-4-10-13-15-16-17(10)14-9/h3-4,8,11H,1-2,5-7H2,(H,12,14)/t8-/m1/s1. The van der Waals surface area contributed by atoms with E-state index in [9.17, 15) is 0 Å². The molecule has 90 valence electrons. The van der Waals surface area contributed by atoms with E-state index in [1.807, 2.05) is 12.1 Å². The zero-order valence-corrected chi connectivity index (χ0v) is 9.50. The predicted molar refractivity (Wildman–Crippen MR) is 62.7 cm³/mol. The summed E-state index contributed by atoms with van der Waals surface area (Å²) >= 11 is 0. The topological polar surface area (TPSA) is 80.0 Å². The average Bonchev–Trinajstić information content (AvgIpc) is 2.98. The molecule has 1 atom stereocenters. The Morgan fingerprint density at radius 2 is 2.47 bits per heavy atom. The summed E-state index contributed by atoms with van der Waals surface area (Å²) < 4.78 is 1.43. The van der Waals surface area contributed by atoms with E-state index in [-0.39, 0.29) is 0 Å². The Balaban J connectivity index is 1.56. The lowest BCUT2D eigenvalue weighted by Crippen LogP contribution is -2.24. The molecule has 0 radical (unpaired) electrons. The highest BCUT2D eigenvalue weighted by Gasteiger charge is 2.12. The smallest absolute Gasteiger partial charge is 0.200 e. The third-order valence-electron chi connectivity index (χ3n) is 3.03. The third-order valence-corrected chi connectivity index (χ3v) is 3.03. The van der Waals surface area contributed by atoms with Gasteiger partial charge in [0, 0.05) is 12.6 Å². The minimum Gasteiger partial charge on any atom is -0.369 e. The van der Waals surface area contributed by atoms with Gasteiger partial charge in [0.05, 0.1) is 0 Å². The highest BCUT2D eigenvalue weighted by atomic mass is 15.6. The van der Waals surface area contributed by atoms with Crippen LogP contribution in [-0.2, 0) is 0 Å². The van der Waals surface area contributed by atoms with Crippen molar-refractivity contribution in [3.63, 3.8) is 0 Å². The molecule has 0 bridgehead atoms. The van der Waals surface area contributed by atoms with E-state index in [4.69, 9.17) is 0 Å². The van der Waals surface area contributed by atoms with Crippen LogP contribution in [0.1, 0.15) is 19.3 Å². The number of nitrogens with one attached hydrogen (secondary N) is 2. The third kappa shape index (κ3) is 2.33. The number of tetrazole rings is 1. The largest absolute Gasteiger partial charge is 0.369 e. The van der Waals surface area contributed by atoms with Gasteiger partial charge in [-0.1, -0.05) is 0 Å². The van der Waals surface area contributed by atoms with Gasteiger partial charge in [0.1, 0.15) is 5.82 Å². The second kappa shape index (κ2) is 4.62. The van der Waals surface area contributed by atoms with Crippen molar-refractivity contribution in [2.75, 3.05) is 18.4 Å². The quantitative estimate of drug-likeness (QED) is 0.778. The number of hydrogen-bond acceptors (Lipinski definition) is 6. The van der Waals surface area contributed by atoms with Crippen LogP contribution in [-0.4, -0.2) is 44.4 Å². The van der Waals surface area contributed by atoms with E-state index in [0.717, 1.165) is 25.3 Å². The van der Waals surface area contributed by atoms with Crippen LogP contribution in [0.4, 0.5) is 5.82 Å². The summed E-state index contributed by atoms with van der Waals surface area (Å²) in [6.07, 6.45) is 3.69. The van der Waals surface area contributed by atoms with Crippen molar-refractivity contribution in [2.45, 2.75) is 25.3 Å². The average molecular weight is 233 g/mol. The van der Waals surface area contributed by atoms with Crippen LogP contribution in [0.15, 0.2) is 12.1 Å². The molecule has 0 spiro atoms. The van der Waals surface area contributed by atoms with Gasteiger partial charge >= 0.3 is 0 Å². The molecule has 2 N–H and O–H groups in total. The number of fused-ring (bicyclic) bond motifs is 1. The summed E-state index contributed by atoms with van der Waals surface area (Å²) in [5.74, 6) is 0.808. The minimum absolute atomic E-state index is 0.652. The van der Waals surface area contributed by atoms with E-state index in [0.29, 0.717) is 11.7 Å². The highest BCUT2D eigenvalue weighted by Crippen LogP contribution is 2.09. The highest BCUT2D eigenvalue weighted by molar-refractivity contribution is 5.41. The maximum atomic E-state index is 4.25. The molecule has 7 nitrogen and oxygen atoms in total. The van der Waals surface area contributed by atoms with Crippen molar-refractivity contribution in [1.82, 2.24) is 30.6 Å². The molecule has 1 saturated heterocycles. The van der Waals surface area contributed by atoms with Gasteiger partial charge in [0.15, 0.2) is 5.65 Å². The Kier molecular flexibility index (Phi) is 2.83. The lowest BCUT2D eigenvalue weighted by Gasteiger charge is -2.10. The van der Waals surface area contributed by atoms with Gasteiger partial charge in [-0.05, 0) is 48.4 Å². The molecular weight excluding hydrogens is 218 g/mol. The van der Waals surface area contributed by atoms with Crippen molar-refractivity contribution in [1.29, 1.82) is 0 Å². The Morgan fingerprint density at radius 3 is 3.35 bits per heavy atom. The molecule has 0 unspecified atom stereocenters. The van der Waals surface area contributed by atoms with Crippen molar-refractivity contribution < 1.29 is 0 Å². The molecule has 0 amide bonds. The first-order chi connectivity index (χ1) is 8.42. The second-order valence-electron chi connectivity index (χ2n) is 4.25. The monoisotopic (exact) mass is 233 g/mol. The van der Waals surface area contributed by atoms with Crippen molar-refractivity contribution in [3.8, 4) is 0 Å². The molecule has 7 heteroatoms. The Labute approximate surface area is 98.6 Å².